The van der Waals surface area contributed by atoms with Crippen molar-refractivity contribution >= 4 is 11.6 Å². The van der Waals surface area contributed by atoms with Gasteiger partial charge in [-0.15, -0.1) is 0 Å². The maximum Gasteiger partial charge on any atom is 0.354 e. The molecule has 1 N–H and O–H groups in total. The number of aryl methyl sites for hydroxylation is 2. The highest BCUT2D eigenvalue weighted by Crippen LogP contribution is 2.25. The molecule has 3 rings (SSSR count). The summed E-state index contributed by atoms with van der Waals surface area (Å²) < 4.78 is 1.57. The summed E-state index contributed by atoms with van der Waals surface area (Å²) in [6.07, 6.45) is 5.08. The zero-order valence-corrected chi connectivity index (χ0v) is 11.0. The van der Waals surface area contributed by atoms with Crippen molar-refractivity contribution in [3.63, 3.8) is 0 Å². The fourth-order valence-corrected chi connectivity index (χ4v) is 2.27. The maximum absolute atomic E-state index is 11.4. The van der Waals surface area contributed by atoms with Gasteiger partial charge in [-0.05, 0) is 19.9 Å². The first-order valence-corrected chi connectivity index (χ1v) is 6.08. The number of imidazole rings is 1. The first-order valence-electron chi connectivity index (χ1n) is 6.08. The molecule has 0 fully saturated rings. The van der Waals surface area contributed by atoms with Gasteiger partial charge in [0, 0.05) is 29.7 Å². The summed E-state index contributed by atoms with van der Waals surface area (Å²) in [4.78, 5) is 24.1. The molecule has 6 heteroatoms. The maximum atomic E-state index is 11.4. The molecule has 0 aromatic carbocycles. The molecule has 0 saturated carbocycles. The van der Waals surface area contributed by atoms with E-state index in [2.05, 4.69) is 15.0 Å². The van der Waals surface area contributed by atoms with Crippen LogP contribution >= 0.6 is 0 Å². The van der Waals surface area contributed by atoms with Crippen LogP contribution in [0, 0.1) is 13.8 Å². The number of aromatic nitrogens is 4. The normalized spacial score (nSPS) is 10.9. The van der Waals surface area contributed by atoms with Crippen LogP contribution in [-0.4, -0.2) is 30.4 Å². The lowest BCUT2D eigenvalue weighted by Gasteiger charge is -2.06. The van der Waals surface area contributed by atoms with Gasteiger partial charge in [-0.1, -0.05) is 6.07 Å². The average Bonchev–Trinajstić information content (AvgIpc) is 2.78. The Kier molecular flexibility index (Phi) is 2.71. The Bertz CT molecular complexity index is 809. The van der Waals surface area contributed by atoms with Crippen LogP contribution in [0.25, 0.3) is 16.8 Å². The summed E-state index contributed by atoms with van der Waals surface area (Å²) in [5, 5.41) is 9.34. The highest BCUT2D eigenvalue weighted by Gasteiger charge is 2.20. The molecule has 0 saturated heterocycles. The topological polar surface area (TPSA) is 80.4 Å². The third-order valence-electron chi connectivity index (χ3n) is 3.17. The van der Waals surface area contributed by atoms with Gasteiger partial charge in [0.25, 0.3) is 0 Å². The van der Waals surface area contributed by atoms with E-state index in [1.807, 2.05) is 12.1 Å². The van der Waals surface area contributed by atoms with Gasteiger partial charge in [0.2, 0.25) is 0 Å². The van der Waals surface area contributed by atoms with Gasteiger partial charge < -0.3 is 5.11 Å². The molecule has 3 aromatic heterocycles. The van der Waals surface area contributed by atoms with E-state index in [9.17, 15) is 9.90 Å². The summed E-state index contributed by atoms with van der Waals surface area (Å²) in [5.41, 5.74) is 2.82. The van der Waals surface area contributed by atoms with Gasteiger partial charge >= 0.3 is 5.97 Å². The molecule has 0 aliphatic carbocycles. The van der Waals surface area contributed by atoms with Crippen LogP contribution < -0.4 is 0 Å². The summed E-state index contributed by atoms with van der Waals surface area (Å²) in [6.45, 7) is 3.44. The number of nitrogens with zero attached hydrogens (tertiary/aromatic N) is 4. The van der Waals surface area contributed by atoms with Gasteiger partial charge in [0.05, 0.1) is 5.69 Å². The summed E-state index contributed by atoms with van der Waals surface area (Å²) in [5.74, 6) is -0.422. The Hall–Kier alpha value is -2.76. The second kappa shape index (κ2) is 4.41. The zero-order valence-electron chi connectivity index (χ0n) is 11.0. The molecule has 0 unspecified atom stereocenters. The minimum atomic E-state index is -1.01. The number of hydrogen-bond acceptors (Lipinski definition) is 4. The van der Waals surface area contributed by atoms with Crippen LogP contribution in [0.5, 0.6) is 0 Å². The number of fused-ring (bicyclic) bond motifs is 1. The molecule has 100 valence electrons. The highest BCUT2D eigenvalue weighted by molar-refractivity contribution is 5.90. The van der Waals surface area contributed by atoms with Gasteiger partial charge in [0.1, 0.15) is 11.5 Å². The smallest absolute Gasteiger partial charge is 0.354 e. The molecular weight excluding hydrogens is 256 g/mol. The minimum absolute atomic E-state index is 0.149. The van der Waals surface area contributed by atoms with Crippen LogP contribution in [-0.2, 0) is 0 Å². The lowest BCUT2D eigenvalue weighted by Crippen LogP contribution is -2.07. The van der Waals surface area contributed by atoms with Crippen molar-refractivity contribution in [3.05, 3.63) is 47.9 Å². The second-order valence-corrected chi connectivity index (χ2v) is 4.47. The number of hydrogen-bond donors (Lipinski definition) is 1. The standard InChI is InChI=1S/C14H12N4O2/c1-8-12(14(19)20)18-9(2)16-7-11(13(18)17-8)10-4-3-5-15-6-10/h3-7H,1-2H3,(H,19,20). The summed E-state index contributed by atoms with van der Waals surface area (Å²) >= 11 is 0. The van der Waals surface area contributed by atoms with Crippen LogP contribution in [0.4, 0.5) is 0 Å². The summed E-state index contributed by atoms with van der Waals surface area (Å²) in [6, 6.07) is 3.71. The van der Waals surface area contributed by atoms with Gasteiger partial charge in [-0.2, -0.15) is 0 Å². The fraction of sp³-hybridized carbons (Fsp3) is 0.143. The van der Waals surface area contributed by atoms with E-state index in [1.54, 1.807) is 36.8 Å². The Morgan fingerprint density at radius 1 is 1.30 bits per heavy atom. The third kappa shape index (κ3) is 1.73. The lowest BCUT2D eigenvalue weighted by atomic mass is 10.1. The van der Waals surface area contributed by atoms with Crippen molar-refractivity contribution in [2.75, 3.05) is 0 Å². The van der Waals surface area contributed by atoms with E-state index >= 15 is 0 Å². The molecule has 3 heterocycles. The summed E-state index contributed by atoms with van der Waals surface area (Å²) in [7, 11) is 0. The lowest BCUT2D eigenvalue weighted by molar-refractivity contribution is 0.0688. The van der Waals surface area contributed by atoms with Crippen molar-refractivity contribution in [1.82, 2.24) is 19.4 Å². The van der Waals surface area contributed by atoms with Crippen LogP contribution in [0.2, 0.25) is 0 Å². The SMILES string of the molecule is Cc1nc2c(-c3cccnc3)cnc(C)n2c1C(=O)O. The van der Waals surface area contributed by atoms with Crippen molar-refractivity contribution < 1.29 is 9.90 Å². The molecule has 0 atom stereocenters. The number of carboxylic acids is 1. The molecule has 3 aromatic rings. The van der Waals surface area contributed by atoms with E-state index in [4.69, 9.17) is 0 Å². The molecule has 6 nitrogen and oxygen atoms in total. The molecule has 0 amide bonds. The average molecular weight is 268 g/mol. The van der Waals surface area contributed by atoms with E-state index in [1.165, 1.54) is 0 Å². The van der Waals surface area contributed by atoms with Crippen molar-refractivity contribution in [2.45, 2.75) is 13.8 Å². The molecule has 0 bridgehead atoms. The predicted octanol–water partition coefficient (Wildman–Crippen LogP) is 2.11. The van der Waals surface area contributed by atoms with Gasteiger partial charge in [0.15, 0.2) is 5.69 Å². The fourth-order valence-electron chi connectivity index (χ4n) is 2.27. The molecular formula is C14H12N4O2. The Morgan fingerprint density at radius 2 is 2.10 bits per heavy atom. The molecule has 0 radical (unpaired) electrons. The molecule has 0 aliphatic rings. The monoisotopic (exact) mass is 268 g/mol. The van der Waals surface area contributed by atoms with Crippen LogP contribution in [0.3, 0.4) is 0 Å². The Morgan fingerprint density at radius 3 is 2.75 bits per heavy atom. The molecule has 20 heavy (non-hydrogen) atoms. The van der Waals surface area contributed by atoms with Crippen molar-refractivity contribution in [1.29, 1.82) is 0 Å². The van der Waals surface area contributed by atoms with Gasteiger partial charge in [-0.25, -0.2) is 14.8 Å². The number of carbonyl (C=O) groups is 1. The first kappa shape index (κ1) is 12.3. The van der Waals surface area contributed by atoms with Gasteiger partial charge in [-0.3, -0.25) is 9.38 Å². The molecule has 0 aliphatic heterocycles. The van der Waals surface area contributed by atoms with E-state index in [-0.39, 0.29) is 5.69 Å². The van der Waals surface area contributed by atoms with Crippen LogP contribution in [0.1, 0.15) is 22.0 Å². The zero-order chi connectivity index (χ0) is 14.3. The Balaban J connectivity index is 2.40. The number of pyridine rings is 1. The molecule has 0 spiro atoms. The van der Waals surface area contributed by atoms with E-state index in [0.717, 1.165) is 11.1 Å². The first-order chi connectivity index (χ1) is 9.59. The quantitative estimate of drug-likeness (QED) is 0.769. The van der Waals surface area contributed by atoms with E-state index < -0.39 is 5.97 Å². The van der Waals surface area contributed by atoms with Crippen LogP contribution in [0.15, 0.2) is 30.7 Å². The number of carboxylic acid groups (broad SMARTS) is 1. The number of aromatic carboxylic acids is 1. The largest absolute Gasteiger partial charge is 0.477 e. The second-order valence-electron chi connectivity index (χ2n) is 4.47. The predicted molar refractivity (Wildman–Crippen MR) is 72.7 cm³/mol. The Labute approximate surface area is 114 Å². The third-order valence-corrected chi connectivity index (χ3v) is 3.17. The minimum Gasteiger partial charge on any atom is -0.477 e. The number of rotatable bonds is 2. The van der Waals surface area contributed by atoms with E-state index in [0.29, 0.717) is 17.2 Å². The van der Waals surface area contributed by atoms with Crippen molar-refractivity contribution in [2.24, 2.45) is 0 Å². The van der Waals surface area contributed by atoms with Crippen molar-refractivity contribution in [3.8, 4) is 11.1 Å². The highest BCUT2D eigenvalue weighted by atomic mass is 16.4.